The maximum absolute atomic E-state index is 14.2. The molecule has 0 fully saturated rings. The van der Waals surface area contributed by atoms with Crippen molar-refractivity contribution in [1.82, 2.24) is 10.3 Å². The first-order chi connectivity index (χ1) is 10.3. The lowest BCUT2D eigenvalue weighted by Gasteiger charge is -2.24. The molecule has 0 bridgehead atoms. The molecule has 1 aliphatic heterocycles. The summed E-state index contributed by atoms with van der Waals surface area (Å²) in [4.78, 5) is 15.7. The zero-order valence-corrected chi connectivity index (χ0v) is 13.4. The average molecular weight is 307 g/mol. The van der Waals surface area contributed by atoms with E-state index < -0.39 is 17.5 Å². The van der Waals surface area contributed by atoms with E-state index in [1.807, 2.05) is 13.0 Å². The number of amides is 1. The van der Waals surface area contributed by atoms with Crippen LogP contribution in [0.2, 0.25) is 0 Å². The van der Waals surface area contributed by atoms with E-state index in [1.165, 1.54) is 6.20 Å². The van der Waals surface area contributed by atoms with Gasteiger partial charge in [0.15, 0.2) is 5.82 Å². The molecule has 0 saturated heterocycles. The first-order valence-electron chi connectivity index (χ1n) is 7.32. The normalized spacial score (nSPS) is 18.6. The van der Waals surface area contributed by atoms with Crippen LogP contribution in [0.25, 0.3) is 5.57 Å². The Morgan fingerprint density at radius 1 is 1.45 bits per heavy atom. The van der Waals surface area contributed by atoms with Crippen molar-refractivity contribution in [2.24, 2.45) is 0 Å². The number of nitrogens with zero attached hydrogens (tertiary/aromatic N) is 1. The van der Waals surface area contributed by atoms with Gasteiger partial charge in [-0.1, -0.05) is 6.08 Å². The third-order valence-corrected chi connectivity index (χ3v) is 3.20. The highest BCUT2D eigenvalue weighted by molar-refractivity contribution is 5.90. The number of nitrogens with one attached hydrogen (secondary N) is 2. The van der Waals surface area contributed by atoms with Crippen LogP contribution < -0.4 is 10.6 Å². The number of rotatable bonds is 2. The van der Waals surface area contributed by atoms with Crippen molar-refractivity contribution in [3.63, 3.8) is 0 Å². The van der Waals surface area contributed by atoms with Crippen molar-refractivity contribution < 1.29 is 13.9 Å². The quantitative estimate of drug-likeness (QED) is 0.879. The van der Waals surface area contributed by atoms with Crippen LogP contribution in [0.3, 0.4) is 0 Å². The molecule has 6 heteroatoms. The summed E-state index contributed by atoms with van der Waals surface area (Å²) in [5, 5.41) is 5.86. The summed E-state index contributed by atoms with van der Waals surface area (Å²) in [7, 11) is 0. The fraction of sp³-hybridized carbons (Fsp3) is 0.500. The smallest absolute Gasteiger partial charge is 0.412 e. The molecule has 0 aromatic carbocycles. The molecular formula is C16H22FN3O2. The summed E-state index contributed by atoms with van der Waals surface area (Å²) < 4.78 is 19.4. The molecule has 1 atom stereocenters. The summed E-state index contributed by atoms with van der Waals surface area (Å²) in [6.07, 6.45) is 4.59. The highest BCUT2D eigenvalue weighted by atomic mass is 19.1. The maximum Gasteiger partial charge on any atom is 0.412 e. The van der Waals surface area contributed by atoms with Crippen LogP contribution in [0.15, 0.2) is 18.5 Å². The van der Waals surface area contributed by atoms with Gasteiger partial charge in [0.1, 0.15) is 5.60 Å². The van der Waals surface area contributed by atoms with E-state index in [0.717, 1.165) is 11.8 Å². The summed E-state index contributed by atoms with van der Waals surface area (Å²) in [6, 6.07) is 0.252. The van der Waals surface area contributed by atoms with Gasteiger partial charge >= 0.3 is 6.09 Å². The van der Waals surface area contributed by atoms with E-state index in [9.17, 15) is 9.18 Å². The minimum absolute atomic E-state index is 0.252. The Balaban J connectivity index is 2.27. The van der Waals surface area contributed by atoms with E-state index in [1.54, 1.807) is 20.8 Å². The lowest BCUT2D eigenvalue weighted by atomic mass is 9.95. The molecule has 0 radical (unpaired) electrons. The van der Waals surface area contributed by atoms with E-state index >= 15 is 0 Å². The molecule has 22 heavy (non-hydrogen) atoms. The predicted octanol–water partition coefficient (Wildman–Crippen LogP) is 3.33. The second-order valence-electron chi connectivity index (χ2n) is 6.41. The van der Waals surface area contributed by atoms with Crippen molar-refractivity contribution in [3.8, 4) is 0 Å². The summed E-state index contributed by atoms with van der Waals surface area (Å²) in [5.41, 5.74) is 0.953. The van der Waals surface area contributed by atoms with Crippen LogP contribution in [0.4, 0.5) is 14.9 Å². The Labute approximate surface area is 130 Å². The second-order valence-corrected chi connectivity index (χ2v) is 6.41. The van der Waals surface area contributed by atoms with E-state index in [2.05, 4.69) is 15.6 Å². The minimum Gasteiger partial charge on any atom is -0.444 e. The molecule has 0 saturated carbocycles. The Bertz CT molecular complexity index is 594. The van der Waals surface area contributed by atoms with Crippen LogP contribution in [-0.2, 0) is 4.74 Å². The first-order valence-corrected chi connectivity index (χ1v) is 7.32. The van der Waals surface area contributed by atoms with Crippen molar-refractivity contribution >= 4 is 17.4 Å². The van der Waals surface area contributed by atoms with Gasteiger partial charge in [-0.05, 0) is 39.7 Å². The zero-order chi connectivity index (χ0) is 16.3. The van der Waals surface area contributed by atoms with Crippen molar-refractivity contribution in [1.29, 1.82) is 0 Å². The maximum atomic E-state index is 14.2. The van der Waals surface area contributed by atoms with E-state index in [0.29, 0.717) is 24.2 Å². The molecule has 1 amide bonds. The molecular weight excluding hydrogens is 285 g/mol. The SMILES string of the molecule is CC1CC(c2c(F)cncc2NC(=O)OC(C)(C)C)=CCN1. The van der Waals surface area contributed by atoms with Crippen molar-refractivity contribution in [2.45, 2.75) is 45.8 Å². The number of carbonyl (C=O) groups is 1. The molecule has 5 nitrogen and oxygen atoms in total. The molecule has 0 aliphatic carbocycles. The molecule has 2 rings (SSSR count). The number of aromatic nitrogens is 1. The van der Waals surface area contributed by atoms with Crippen molar-refractivity contribution in [2.75, 3.05) is 11.9 Å². The molecule has 0 spiro atoms. The summed E-state index contributed by atoms with van der Waals surface area (Å²) in [5.74, 6) is -0.450. The fourth-order valence-corrected chi connectivity index (χ4v) is 2.34. The lowest BCUT2D eigenvalue weighted by molar-refractivity contribution is 0.0636. The van der Waals surface area contributed by atoms with Crippen LogP contribution in [0.1, 0.15) is 39.7 Å². The Morgan fingerprint density at radius 2 is 2.18 bits per heavy atom. The van der Waals surface area contributed by atoms with E-state index in [4.69, 9.17) is 4.74 Å². The molecule has 1 aromatic rings. The highest BCUT2D eigenvalue weighted by Gasteiger charge is 2.22. The molecule has 1 aromatic heterocycles. The van der Waals surface area contributed by atoms with Gasteiger partial charge in [-0.3, -0.25) is 10.3 Å². The number of anilines is 1. The average Bonchev–Trinajstić information content (AvgIpc) is 2.36. The van der Waals surface area contributed by atoms with Gasteiger partial charge in [0, 0.05) is 18.2 Å². The van der Waals surface area contributed by atoms with Gasteiger partial charge in [-0.2, -0.15) is 0 Å². The number of carbonyl (C=O) groups excluding carboxylic acids is 1. The van der Waals surface area contributed by atoms with Crippen LogP contribution in [-0.4, -0.2) is 29.3 Å². The molecule has 1 aliphatic rings. The van der Waals surface area contributed by atoms with Crippen molar-refractivity contribution in [3.05, 3.63) is 29.9 Å². The third-order valence-electron chi connectivity index (χ3n) is 3.20. The number of ether oxygens (including phenoxy) is 1. The highest BCUT2D eigenvalue weighted by Crippen LogP contribution is 2.30. The first kappa shape index (κ1) is 16.4. The second kappa shape index (κ2) is 6.44. The number of halogens is 1. The Morgan fingerprint density at radius 3 is 2.82 bits per heavy atom. The molecule has 120 valence electrons. The van der Waals surface area contributed by atoms with Gasteiger partial charge in [0.2, 0.25) is 0 Å². The van der Waals surface area contributed by atoms with Gasteiger partial charge in [0.05, 0.1) is 18.1 Å². The predicted molar refractivity (Wildman–Crippen MR) is 84.1 cm³/mol. The summed E-state index contributed by atoms with van der Waals surface area (Å²) >= 11 is 0. The number of pyridine rings is 1. The zero-order valence-electron chi connectivity index (χ0n) is 13.4. The Kier molecular flexibility index (Phi) is 4.81. The van der Waals surface area contributed by atoms with E-state index in [-0.39, 0.29) is 6.04 Å². The standard InChI is InChI=1S/C16H22FN3O2/c1-10-7-11(5-6-19-10)14-12(17)8-18-9-13(14)20-15(21)22-16(2,3)4/h5,8-10,19H,6-7H2,1-4H3,(H,20,21). The third kappa shape index (κ3) is 4.27. The van der Waals surface area contributed by atoms with Gasteiger partial charge in [-0.25, -0.2) is 9.18 Å². The molecule has 2 heterocycles. The van der Waals surface area contributed by atoms with Crippen LogP contribution >= 0.6 is 0 Å². The molecule has 1 unspecified atom stereocenters. The van der Waals surface area contributed by atoms with Gasteiger partial charge in [0.25, 0.3) is 0 Å². The number of hydrogen-bond acceptors (Lipinski definition) is 4. The van der Waals surface area contributed by atoms with Crippen LogP contribution in [0.5, 0.6) is 0 Å². The van der Waals surface area contributed by atoms with Crippen LogP contribution in [0, 0.1) is 5.82 Å². The Hall–Kier alpha value is -1.95. The molecule has 2 N–H and O–H groups in total. The van der Waals surface area contributed by atoms with Gasteiger partial charge < -0.3 is 10.1 Å². The minimum atomic E-state index is -0.622. The van der Waals surface area contributed by atoms with Gasteiger partial charge in [-0.15, -0.1) is 0 Å². The fourth-order valence-electron chi connectivity index (χ4n) is 2.34. The largest absolute Gasteiger partial charge is 0.444 e. The lowest BCUT2D eigenvalue weighted by Crippen LogP contribution is -2.30. The monoisotopic (exact) mass is 307 g/mol. The number of hydrogen-bond donors (Lipinski definition) is 2. The summed E-state index contributed by atoms with van der Waals surface area (Å²) in [6.45, 7) is 8.02. The topological polar surface area (TPSA) is 63.2 Å².